The van der Waals surface area contributed by atoms with Gasteiger partial charge in [0, 0.05) is 5.75 Å². The van der Waals surface area contributed by atoms with Crippen molar-refractivity contribution in [3.05, 3.63) is 0 Å². The van der Waals surface area contributed by atoms with E-state index in [2.05, 4.69) is 10.3 Å². The van der Waals surface area contributed by atoms with Crippen LogP contribution in [0.4, 0.5) is 0 Å². The Morgan fingerprint density at radius 1 is 1.29 bits per heavy atom. The molecule has 0 unspecified atom stereocenters. The third-order valence-corrected chi connectivity index (χ3v) is 4.13. The molecular formula is C11H16N2O3S. The van der Waals surface area contributed by atoms with Crippen LogP contribution in [0, 0.1) is 11.8 Å². The van der Waals surface area contributed by atoms with Gasteiger partial charge in [-0.3, -0.25) is 14.6 Å². The number of amides is 1. The van der Waals surface area contributed by atoms with Crippen LogP contribution in [0.3, 0.4) is 0 Å². The number of rotatable bonds is 2. The molecule has 6 heteroatoms. The lowest BCUT2D eigenvalue weighted by atomic mass is 9.79. The molecule has 0 aromatic heterocycles. The van der Waals surface area contributed by atoms with Crippen molar-refractivity contribution in [2.45, 2.75) is 25.7 Å². The number of aliphatic carboxylic acids is 1. The molecule has 1 heterocycles. The monoisotopic (exact) mass is 256 g/mol. The van der Waals surface area contributed by atoms with Crippen molar-refractivity contribution in [1.29, 1.82) is 0 Å². The maximum absolute atomic E-state index is 12.0. The average Bonchev–Trinajstić information content (AvgIpc) is 2.81. The predicted octanol–water partition coefficient (Wildman–Crippen LogP) is 1.10. The topological polar surface area (TPSA) is 78.8 Å². The van der Waals surface area contributed by atoms with Crippen LogP contribution in [-0.2, 0) is 9.59 Å². The van der Waals surface area contributed by atoms with Gasteiger partial charge in [-0.25, -0.2) is 0 Å². The first-order valence-corrected chi connectivity index (χ1v) is 6.88. The van der Waals surface area contributed by atoms with Gasteiger partial charge < -0.3 is 10.4 Å². The second kappa shape index (κ2) is 5.53. The summed E-state index contributed by atoms with van der Waals surface area (Å²) in [6, 6.07) is 0. The number of hydrogen-bond acceptors (Lipinski definition) is 4. The van der Waals surface area contributed by atoms with E-state index in [4.69, 9.17) is 5.11 Å². The van der Waals surface area contributed by atoms with Gasteiger partial charge in [0.15, 0.2) is 5.17 Å². The maximum Gasteiger partial charge on any atom is 0.307 e. The number of nitrogens with one attached hydrogen (secondary N) is 1. The number of nitrogens with zero attached hydrogens (tertiary/aromatic N) is 1. The summed E-state index contributed by atoms with van der Waals surface area (Å²) in [5.41, 5.74) is 0. The quantitative estimate of drug-likeness (QED) is 0.775. The number of carbonyl (C=O) groups is 2. The Morgan fingerprint density at radius 2 is 2.00 bits per heavy atom. The number of carbonyl (C=O) groups excluding carboxylic acids is 1. The molecule has 1 aliphatic carbocycles. The van der Waals surface area contributed by atoms with Gasteiger partial charge in [-0.1, -0.05) is 24.6 Å². The fourth-order valence-electron chi connectivity index (χ4n) is 2.35. The summed E-state index contributed by atoms with van der Waals surface area (Å²) in [4.78, 5) is 27.2. The Kier molecular flexibility index (Phi) is 4.04. The standard InChI is InChI=1S/C11H16N2O3S/c14-9(13-11-12-5-6-17-11)7-3-1-2-4-8(7)10(15)16/h7-8H,1-6H2,(H,15,16)(H,12,13,14)/t7-,8-/m0/s1. The summed E-state index contributed by atoms with van der Waals surface area (Å²) in [5, 5.41) is 12.5. The van der Waals surface area contributed by atoms with E-state index in [1.807, 2.05) is 0 Å². The van der Waals surface area contributed by atoms with E-state index in [1.54, 1.807) is 0 Å². The lowest BCUT2D eigenvalue weighted by Gasteiger charge is -2.27. The summed E-state index contributed by atoms with van der Waals surface area (Å²) >= 11 is 1.51. The number of amidine groups is 1. The van der Waals surface area contributed by atoms with E-state index in [9.17, 15) is 9.59 Å². The normalized spacial score (nSPS) is 28.6. The Bertz CT molecular complexity index is 357. The van der Waals surface area contributed by atoms with Crippen LogP contribution in [0.25, 0.3) is 0 Å². The Hall–Kier alpha value is -1.04. The van der Waals surface area contributed by atoms with E-state index in [0.29, 0.717) is 18.0 Å². The summed E-state index contributed by atoms with van der Waals surface area (Å²) in [6.07, 6.45) is 3.10. The molecule has 2 N–H and O–H groups in total. The molecule has 94 valence electrons. The minimum atomic E-state index is -0.856. The number of aliphatic imine (C=N–C) groups is 1. The molecule has 0 aromatic rings. The second-order valence-electron chi connectivity index (χ2n) is 4.36. The fraction of sp³-hybridized carbons (Fsp3) is 0.727. The Labute approximate surface area is 104 Å². The van der Waals surface area contributed by atoms with Crippen molar-refractivity contribution >= 4 is 28.8 Å². The van der Waals surface area contributed by atoms with Crippen LogP contribution in [0.1, 0.15) is 25.7 Å². The Balaban J connectivity index is 1.98. The van der Waals surface area contributed by atoms with Gasteiger partial charge >= 0.3 is 5.97 Å². The molecule has 1 amide bonds. The molecule has 1 saturated carbocycles. The molecule has 2 aliphatic rings. The van der Waals surface area contributed by atoms with Gasteiger partial charge in [0.1, 0.15) is 0 Å². The van der Waals surface area contributed by atoms with Gasteiger partial charge in [0.25, 0.3) is 0 Å². The van der Waals surface area contributed by atoms with Gasteiger partial charge in [-0.15, -0.1) is 0 Å². The minimum absolute atomic E-state index is 0.176. The van der Waals surface area contributed by atoms with Crippen LogP contribution in [0.15, 0.2) is 4.99 Å². The van der Waals surface area contributed by atoms with Crippen molar-refractivity contribution in [2.75, 3.05) is 12.3 Å². The molecule has 2 atom stereocenters. The highest BCUT2D eigenvalue weighted by atomic mass is 32.2. The first-order valence-electron chi connectivity index (χ1n) is 5.89. The molecule has 5 nitrogen and oxygen atoms in total. The summed E-state index contributed by atoms with van der Waals surface area (Å²) < 4.78 is 0. The van der Waals surface area contributed by atoms with E-state index in [-0.39, 0.29) is 5.91 Å². The van der Waals surface area contributed by atoms with Crippen LogP contribution in [0.2, 0.25) is 0 Å². The molecule has 2 rings (SSSR count). The van der Waals surface area contributed by atoms with E-state index < -0.39 is 17.8 Å². The number of carboxylic acid groups (broad SMARTS) is 1. The molecular weight excluding hydrogens is 240 g/mol. The largest absolute Gasteiger partial charge is 0.481 e. The highest BCUT2D eigenvalue weighted by molar-refractivity contribution is 8.14. The zero-order chi connectivity index (χ0) is 12.3. The first kappa shape index (κ1) is 12.4. The smallest absolute Gasteiger partial charge is 0.307 e. The van der Waals surface area contributed by atoms with Crippen molar-refractivity contribution in [2.24, 2.45) is 16.8 Å². The van der Waals surface area contributed by atoms with Crippen LogP contribution < -0.4 is 5.32 Å². The lowest BCUT2D eigenvalue weighted by molar-refractivity contribution is -0.148. The van der Waals surface area contributed by atoms with Gasteiger partial charge in [0.05, 0.1) is 18.4 Å². The van der Waals surface area contributed by atoms with Crippen molar-refractivity contribution in [1.82, 2.24) is 5.32 Å². The molecule has 1 fully saturated rings. The molecule has 0 spiro atoms. The van der Waals surface area contributed by atoms with Crippen molar-refractivity contribution in [3.63, 3.8) is 0 Å². The zero-order valence-electron chi connectivity index (χ0n) is 9.52. The molecule has 1 aliphatic heterocycles. The highest BCUT2D eigenvalue weighted by Crippen LogP contribution is 2.30. The molecule has 0 bridgehead atoms. The number of carboxylic acids is 1. The van der Waals surface area contributed by atoms with Gasteiger partial charge in [-0.2, -0.15) is 0 Å². The van der Waals surface area contributed by atoms with Crippen LogP contribution >= 0.6 is 11.8 Å². The minimum Gasteiger partial charge on any atom is -0.481 e. The highest BCUT2D eigenvalue weighted by Gasteiger charge is 2.36. The van der Waals surface area contributed by atoms with Gasteiger partial charge in [-0.05, 0) is 12.8 Å². The van der Waals surface area contributed by atoms with Crippen LogP contribution in [0.5, 0.6) is 0 Å². The first-order chi connectivity index (χ1) is 8.18. The van der Waals surface area contributed by atoms with Crippen molar-refractivity contribution < 1.29 is 14.7 Å². The average molecular weight is 256 g/mol. The summed E-state index contributed by atoms with van der Waals surface area (Å²) in [6.45, 7) is 0.729. The van der Waals surface area contributed by atoms with E-state index in [0.717, 1.165) is 25.1 Å². The maximum atomic E-state index is 12.0. The zero-order valence-corrected chi connectivity index (χ0v) is 10.3. The molecule has 0 aromatic carbocycles. The second-order valence-corrected chi connectivity index (χ2v) is 5.44. The van der Waals surface area contributed by atoms with Crippen LogP contribution in [-0.4, -0.2) is 34.4 Å². The van der Waals surface area contributed by atoms with Crippen molar-refractivity contribution in [3.8, 4) is 0 Å². The number of hydrogen-bond donors (Lipinski definition) is 2. The third-order valence-electron chi connectivity index (χ3n) is 3.24. The summed E-state index contributed by atoms with van der Waals surface area (Å²) in [7, 11) is 0. The Morgan fingerprint density at radius 3 is 2.59 bits per heavy atom. The molecule has 0 radical (unpaired) electrons. The number of thioether (sulfide) groups is 1. The predicted molar refractivity (Wildman–Crippen MR) is 66.0 cm³/mol. The molecule has 17 heavy (non-hydrogen) atoms. The summed E-state index contributed by atoms with van der Waals surface area (Å²) in [5.74, 6) is -1.07. The molecule has 0 saturated heterocycles. The van der Waals surface area contributed by atoms with E-state index in [1.165, 1.54) is 11.8 Å². The van der Waals surface area contributed by atoms with Gasteiger partial charge in [0.2, 0.25) is 5.91 Å². The fourth-order valence-corrected chi connectivity index (χ4v) is 3.08. The lowest BCUT2D eigenvalue weighted by Crippen LogP contribution is -2.41. The third kappa shape index (κ3) is 3.00. The van der Waals surface area contributed by atoms with E-state index >= 15 is 0 Å². The SMILES string of the molecule is O=C(O)[C@H]1CCCC[C@@H]1C(=O)NC1=NCCS1.